The lowest BCUT2D eigenvalue weighted by atomic mass is 10.1. The van der Waals surface area contributed by atoms with E-state index in [1.165, 1.54) is 16.1 Å². The third-order valence-electron chi connectivity index (χ3n) is 5.35. The summed E-state index contributed by atoms with van der Waals surface area (Å²) in [5.74, 6) is -0.505. The van der Waals surface area contributed by atoms with Crippen LogP contribution in [0.25, 0.3) is 10.9 Å². The number of benzene rings is 2. The highest BCUT2D eigenvalue weighted by Gasteiger charge is 2.28. The molecule has 0 saturated carbocycles. The molecule has 142 valence electrons. The molecule has 2 heterocycles. The minimum atomic E-state index is -3.89. The van der Waals surface area contributed by atoms with Gasteiger partial charge >= 0.3 is 0 Å². The monoisotopic (exact) mass is 386 g/mol. The van der Waals surface area contributed by atoms with Gasteiger partial charge in [-0.25, -0.2) is 16.8 Å². The zero-order valence-electron chi connectivity index (χ0n) is 15.8. The molecular formula is C21H23FN2O2S. The predicted molar refractivity (Wildman–Crippen MR) is 105 cm³/mol. The summed E-state index contributed by atoms with van der Waals surface area (Å²) in [4.78, 5) is 2.21. The smallest absolute Gasteiger partial charge is 0.268 e. The molecule has 0 spiro atoms. The summed E-state index contributed by atoms with van der Waals surface area (Å²) in [5, 5.41) is 0.968. The van der Waals surface area contributed by atoms with E-state index in [2.05, 4.69) is 18.0 Å². The van der Waals surface area contributed by atoms with E-state index < -0.39 is 15.8 Å². The summed E-state index contributed by atoms with van der Waals surface area (Å²) in [5.41, 5.74) is 4.07. The van der Waals surface area contributed by atoms with Crippen LogP contribution in [0.15, 0.2) is 41.3 Å². The summed E-state index contributed by atoms with van der Waals surface area (Å²) in [6.07, 6.45) is 1.57. The van der Waals surface area contributed by atoms with Crippen LogP contribution in [0.5, 0.6) is 0 Å². The molecule has 0 fully saturated rings. The predicted octanol–water partition coefficient (Wildman–Crippen LogP) is 4.01. The molecule has 4 nitrogen and oxygen atoms in total. The van der Waals surface area contributed by atoms with Crippen molar-refractivity contribution in [2.24, 2.45) is 0 Å². The third kappa shape index (κ3) is 2.97. The Morgan fingerprint density at radius 1 is 1.07 bits per heavy atom. The molecule has 27 heavy (non-hydrogen) atoms. The summed E-state index contributed by atoms with van der Waals surface area (Å²) >= 11 is 0. The average molecular weight is 386 g/mol. The molecule has 6 heteroatoms. The van der Waals surface area contributed by atoms with Crippen molar-refractivity contribution in [3.8, 4) is 0 Å². The van der Waals surface area contributed by atoms with Gasteiger partial charge in [0.25, 0.3) is 10.0 Å². The molecule has 1 aliphatic rings. The first-order chi connectivity index (χ1) is 12.8. The second-order valence-corrected chi connectivity index (χ2v) is 9.25. The Bertz CT molecular complexity index is 1150. The number of fused-ring (bicyclic) bond motifs is 3. The summed E-state index contributed by atoms with van der Waals surface area (Å²) < 4.78 is 42.5. The zero-order valence-corrected chi connectivity index (χ0v) is 16.6. The second-order valence-electron chi connectivity index (χ2n) is 7.47. The SMILES string of the molecule is Cc1ccc2c(c1)c1c(n2S(=O)(=O)c2ccc(C)c(F)c2)CCCN(C)C1. The lowest BCUT2D eigenvalue weighted by Gasteiger charge is -2.13. The van der Waals surface area contributed by atoms with Gasteiger partial charge in [0.05, 0.1) is 10.4 Å². The molecule has 1 aromatic heterocycles. The number of hydrogen-bond acceptors (Lipinski definition) is 3. The molecule has 0 aliphatic carbocycles. The van der Waals surface area contributed by atoms with Crippen LogP contribution in [0.3, 0.4) is 0 Å². The van der Waals surface area contributed by atoms with E-state index >= 15 is 0 Å². The van der Waals surface area contributed by atoms with Crippen molar-refractivity contribution in [2.75, 3.05) is 13.6 Å². The third-order valence-corrected chi connectivity index (χ3v) is 7.10. The van der Waals surface area contributed by atoms with E-state index in [9.17, 15) is 12.8 Å². The van der Waals surface area contributed by atoms with Gasteiger partial charge in [-0.1, -0.05) is 17.7 Å². The van der Waals surface area contributed by atoms with Crippen LogP contribution in [0.4, 0.5) is 4.39 Å². The van der Waals surface area contributed by atoms with Gasteiger partial charge in [-0.15, -0.1) is 0 Å². The van der Waals surface area contributed by atoms with Crippen molar-refractivity contribution in [1.82, 2.24) is 8.87 Å². The number of hydrogen-bond donors (Lipinski definition) is 0. The maximum absolute atomic E-state index is 14.1. The molecule has 0 saturated heterocycles. The van der Waals surface area contributed by atoms with E-state index in [1.54, 1.807) is 6.92 Å². The molecule has 0 N–H and O–H groups in total. The lowest BCUT2D eigenvalue weighted by molar-refractivity contribution is 0.333. The molecule has 0 bridgehead atoms. The summed E-state index contributed by atoms with van der Waals surface area (Å²) in [7, 11) is -1.84. The summed E-state index contributed by atoms with van der Waals surface area (Å²) in [6, 6.07) is 9.97. The minimum absolute atomic E-state index is 0.0107. The molecule has 1 aliphatic heterocycles. The highest BCUT2D eigenvalue weighted by molar-refractivity contribution is 7.90. The number of rotatable bonds is 2. The van der Waals surface area contributed by atoms with Crippen LogP contribution in [-0.4, -0.2) is 30.9 Å². The van der Waals surface area contributed by atoms with E-state index in [-0.39, 0.29) is 4.90 Å². The van der Waals surface area contributed by atoms with Gasteiger partial charge in [-0.2, -0.15) is 0 Å². The maximum atomic E-state index is 14.1. The molecule has 3 aromatic rings. The number of halogens is 1. The highest BCUT2D eigenvalue weighted by atomic mass is 32.2. The summed E-state index contributed by atoms with van der Waals surface area (Å²) in [6.45, 7) is 5.26. The Morgan fingerprint density at radius 3 is 2.59 bits per heavy atom. The van der Waals surface area contributed by atoms with Crippen molar-refractivity contribution >= 4 is 20.9 Å². The topological polar surface area (TPSA) is 42.3 Å². The molecule has 2 aromatic carbocycles. The van der Waals surface area contributed by atoms with Gasteiger partial charge < -0.3 is 4.90 Å². The molecule has 0 unspecified atom stereocenters. The Labute approximate surface area is 159 Å². The van der Waals surface area contributed by atoms with Crippen molar-refractivity contribution < 1.29 is 12.8 Å². The maximum Gasteiger partial charge on any atom is 0.268 e. The fraction of sp³-hybridized carbons (Fsp3) is 0.333. The second kappa shape index (κ2) is 6.46. The van der Waals surface area contributed by atoms with Crippen molar-refractivity contribution in [3.63, 3.8) is 0 Å². The lowest BCUT2D eigenvalue weighted by Crippen LogP contribution is -2.17. The van der Waals surface area contributed by atoms with Crippen LogP contribution in [0, 0.1) is 19.7 Å². The van der Waals surface area contributed by atoms with Gasteiger partial charge in [0, 0.05) is 17.6 Å². The van der Waals surface area contributed by atoms with Gasteiger partial charge in [0.15, 0.2) is 0 Å². The van der Waals surface area contributed by atoms with Crippen molar-refractivity contribution in [3.05, 3.63) is 64.6 Å². The zero-order chi connectivity index (χ0) is 19.3. The van der Waals surface area contributed by atoms with Crippen LogP contribution in [0.1, 0.15) is 28.8 Å². The molecule has 0 radical (unpaired) electrons. The van der Waals surface area contributed by atoms with Crippen molar-refractivity contribution in [2.45, 2.75) is 38.1 Å². The Hall–Kier alpha value is -2.18. The van der Waals surface area contributed by atoms with Gasteiger partial charge in [0.2, 0.25) is 0 Å². The largest absolute Gasteiger partial charge is 0.302 e. The minimum Gasteiger partial charge on any atom is -0.302 e. The number of aromatic nitrogens is 1. The number of nitrogens with zero attached hydrogens (tertiary/aromatic N) is 2. The average Bonchev–Trinajstić information content (AvgIpc) is 2.77. The highest BCUT2D eigenvalue weighted by Crippen LogP contribution is 2.34. The fourth-order valence-corrected chi connectivity index (χ4v) is 5.51. The van der Waals surface area contributed by atoms with Gasteiger partial charge in [-0.3, -0.25) is 0 Å². The Kier molecular flexibility index (Phi) is 4.35. The quantitative estimate of drug-likeness (QED) is 0.668. The Balaban J connectivity index is 2.04. The fourth-order valence-electron chi connectivity index (χ4n) is 3.90. The molecule has 0 amide bonds. The van der Waals surface area contributed by atoms with Crippen molar-refractivity contribution in [1.29, 1.82) is 0 Å². The molecule has 4 rings (SSSR count). The first-order valence-electron chi connectivity index (χ1n) is 9.12. The van der Waals surface area contributed by atoms with Gasteiger partial charge in [-0.05, 0) is 75.7 Å². The van der Waals surface area contributed by atoms with E-state index in [4.69, 9.17) is 0 Å². The van der Waals surface area contributed by atoms with Gasteiger partial charge in [0.1, 0.15) is 5.82 Å². The Morgan fingerprint density at radius 2 is 1.85 bits per heavy atom. The standard InChI is InChI=1S/C21H23FN2O2S/c1-14-6-9-21-17(11-14)18-13-23(3)10-4-5-20(18)24(21)27(25,26)16-8-7-15(2)19(22)12-16/h6-9,11-12H,4-5,10,13H2,1-3H3. The first kappa shape index (κ1) is 18.2. The van der Waals surface area contributed by atoms with Crippen LogP contribution >= 0.6 is 0 Å². The van der Waals surface area contributed by atoms with Crippen LogP contribution in [0.2, 0.25) is 0 Å². The van der Waals surface area contributed by atoms with Crippen LogP contribution in [-0.2, 0) is 23.0 Å². The van der Waals surface area contributed by atoms with E-state index in [0.717, 1.165) is 41.2 Å². The van der Waals surface area contributed by atoms with E-state index in [0.29, 0.717) is 24.0 Å². The van der Waals surface area contributed by atoms with E-state index in [1.807, 2.05) is 19.1 Å². The first-order valence-corrected chi connectivity index (χ1v) is 10.6. The number of aryl methyl sites for hydroxylation is 2. The molecule has 0 atom stereocenters. The molecular weight excluding hydrogens is 363 g/mol. The normalized spacial score (nSPS) is 15.7. The van der Waals surface area contributed by atoms with Crippen LogP contribution < -0.4 is 0 Å².